The molecule has 3 N–H and O–H groups in total. The van der Waals surface area contributed by atoms with Gasteiger partial charge in [0.1, 0.15) is 22.3 Å². The molecule has 17 heteroatoms. The number of sulfonamides is 1. The highest BCUT2D eigenvalue weighted by Gasteiger charge is 2.62. The molecule has 0 unspecified atom stereocenters. The summed E-state index contributed by atoms with van der Waals surface area (Å²) in [5.74, 6) is -3.23. The van der Waals surface area contributed by atoms with Crippen LogP contribution in [-0.4, -0.2) is 54.3 Å². The Kier molecular flexibility index (Phi) is 6.36. The van der Waals surface area contributed by atoms with Gasteiger partial charge in [-0.05, 0) is 30.2 Å². The van der Waals surface area contributed by atoms with Gasteiger partial charge < -0.3 is 10.3 Å². The lowest BCUT2D eigenvalue weighted by molar-refractivity contribution is 0.569. The van der Waals surface area contributed by atoms with E-state index in [2.05, 4.69) is 41.4 Å². The highest BCUT2D eigenvalue weighted by molar-refractivity contribution is 7.92. The van der Waals surface area contributed by atoms with E-state index in [1.165, 1.54) is 28.4 Å². The second-order valence-electron chi connectivity index (χ2n) is 11.6. The summed E-state index contributed by atoms with van der Waals surface area (Å²) in [5.41, 5.74) is 5.71. The van der Waals surface area contributed by atoms with Gasteiger partial charge in [-0.15, -0.1) is 11.3 Å². The Balaban J connectivity index is 1.48. The van der Waals surface area contributed by atoms with Crippen LogP contribution in [0.1, 0.15) is 0 Å². The molecule has 0 aliphatic heterocycles. The number of fused-ring (bicyclic) bond motifs is 2. The van der Waals surface area contributed by atoms with E-state index in [0.29, 0.717) is 15.6 Å². The standard InChI is InChI=1S/C25H22B4F3N5O3S2/c26-24(27)19(25(24,28)29)8-37-16-5-20(33)34-7-10(16)3-11(23(37)38)21-12(30)1-2-14(22(21)32)36-42(39,40)18-6-17-15(4-13(18)31)35-9-41-17/h1-7,9,19,36H,8,26-29H2,(H2,33,34). The number of thiazole rings is 1. The third kappa shape index (κ3) is 4.32. The monoisotopic (exact) mass is 605 g/mol. The number of nitrogens with zero attached hydrogens (tertiary/aromatic N) is 3. The predicted molar refractivity (Wildman–Crippen MR) is 169 cm³/mol. The van der Waals surface area contributed by atoms with E-state index in [4.69, 9.17) is 5.73 Å². The lowest BCUT2D eigenvalue weighted by Crippen LogP contribution is -2.25. The van der Waals surface area contributed by atoms with Gasteiger partial charge in [0.25, 0.3) is 15.6 Å². The molecule has 8 nitrogen and oxygen atoms in total. The third-order valence-electron chi connectivity index (χ3n) is 8.96. The average molecular weight is 605 g/mol. The van der Waals surface area contributed by atoms with Crippen LogP contribution in [0.25, 0.3) is 32.2 Å². The summed E-state index contributed by atoms with van der Waals surface area (Å²) in [4.78, 5) is 21.2. The molecule has 1 aliphatic rings. The summed E-state index contributed by atoms with van der Waals surface area (Å²) in [6.07, 6.45) is 1.41. The highest BCUT2D eigenvalue weighted by Crippen LogP contribution is 2.73. The number of anilines is 2. The number of rotatable bonds is 6. The number of hydrogen-bond acceptors (Lipinski definition) is 7. The van der Waals surface area contributed by atoms with E-state index in [9.17, 15) is 17.6 Å². The van der Waals surface area contributed by atoms with E-state index >= 15 is 8.78 Å². The van der Waals surface area contributed by atoms with Gasteiger partial charge in [0, 0.05) is 30.3 Å². The smallest absolute Gasteiger partial charge is 0.264 e. The van der Waals surface area contributed by atoms with Gasteiger partial charge in [-0.25, -0.2) is 31.6 Å². The average Bonchev–Trinajstić information content (AvgIpc) is 3.19. The van der Waals surface area contributed by atoms with Crippen molar-refractivity contribution in [2.24, 2.45) is 5.92 Å². The Morgan fingerprint density at radius 1 is 1.02 bits per heavy atom. The zero-order chi connectivity index (χ0) is 30.4. The van der Waals surface area contributed by atoms with Crippen LogP contribution < -0.4 is 16.0 Å². The summed E-state index contributed by atoms with van der Waals surface area (Å²) in [6, 6.07) is 6.63. The minimum Gasteiger partial charge on any atom is -0.384 e. The molecular weight excluding hydrogens is 583 g/mol. The lowest BCUT2D eigenvalue weighted by Gasteiger charge is -2.17. The van der Waals surface area contributed by atoms with Crippen LogP contribution in [0.2, 0.25) is 10.4 Å². The molecule has 3 aromatic heterocycles. The molecule has 42 heavy (non-hydrogen) atoms. The number of aromatic nitrogens is 3. The minimum atomic E-state index is -4.65. The number of nitrogens with two attached hydrogens (primary N) is 1. The summed E-state index contributed by atoms with van der Waals surface area (Å²) in [5, 5.41) is 0.221. The summed E-state index contributed by atoms with van der Waals surface area (Å²) in [7, 11) is 3.71. The van der Waals surface area contributed by atoms with E-state index in [1.807, 2.05) is 4.72 Å². The maximum absolute atomic E-state index is 16.0. The number of hydrogen-bond donors (Lipinski definition) is 2. The first-order valence-corrected chi connectivity index (χ1v) is 15.3. The fourth-order valence-electron chi connectivity index (χ4n) is 5.76. The summed E-state index contributed by atoms with van der Waals surface area (Å²) < 4.78 is 76.2. The van der Waals surface area contributed by atoms with Crippen molar-refractivity contribution in [3.63, 3.8) is 0 Å². The van der Waals surface area contributed by atoms with E-state index in [-0.39, 0.29) is 39.8 Å². The normalized spacial score (nSPS) is 16.2. The maximum Gasteiger partial charge on any atom is 0.264 e. The molecular formula is C25H22B4F3N5O3S2. The van der Waals surface area contributed by atoms with Crippen LogP contribution in [0.5, 0.6) is 0 Å². The van der Waals surface area contributed by atoms with Crippen molar-refractivity contribution in [3.8, 4) is 11.1 Å². The molecule has 6 rings (SSSR count). The second kappa shape index (κ2) is 9.40. The van der Waals surface area contributed by atoms with Crippen molar-refractivity contribution in [1.82, 2.24) is 14.5 Å². The number of nitrogen functional groups attached to an aromatic ring is 1. The fraction of sp³-hybridized carbons (Fsp3) is 0.160. The van der Waals surface area contributed by atoms with Crippen LogP contribution in [0.15, 0.2) is 57.8 Å². The Bertz CT molecular complexity index is 2110. The molecule has 2 aromatic carbocycles. The minimum absolute atomic E-state index is 0.0779. The molecule has 0 saturated heterocycles. The predicted octanol–water partition coefficient (Wildman–Crippen LogP) is 0.868. The van der Waals surface area contributed by atoms with Crippen molar-refractivity contribution < 1.29 is 21.6 Å². The SMILES string of the molecule is BC1(B)C(Cn2c(=O)c(-c3c(F)ccc(NS(=O)(=O)c4cc5scnc5cc4F)c3F)cc3cnc(N)cc32)C1(B)B. The van der Waals surface area contributed by atoms with Gasteiger partial charge >= 0.3 is 0 Å². The van der Waals surface area contributed by atoms with Crippen molar-refractivity contribution in [3.05, 3.63) is 75.9 Å². The first-order chi connectivity index (χ1) is 19.6. The Morgan fingerprint density at radius 2 is 1.74 bits per heavy atom. The molecule has 0 atom stereocenters. The molecule has 1 fully saturated rings. The molecule has 0 bridgehead atoms. The number of pyridine rings is 2. The van der Waals surface area contributed by atoms with Crippen LogP contribution in [-0.2, 0) is 16.6 Å². The maximum atomic E-state index is 16.0. The first-order valence-electron chi connectivity index (χ1n) is 13.0. The Morgan fingerprint density at radius 3 is 2.43 bits per heavy atom. The van der Waals surface area contributed by atoms with E-state index in [1.54, 1.807) is 0 Å². The van der Waals surface area contributed by atoms with Gasteiger partial charge in [0.05, 0.1) is 69.4 Å². The van der Waals surface area contributed by atoms with Crippen LogP contribution in [0.4, 0.5) is 24.7 Å². The Hall–Kier alpha value is -3.71. The molecule has 210 valence electrons. The van der Waals surface area contributed by atoms with Crippen LogP contribution in [0.3, 0.4) is 0 Å². The van der Waals surface area contributed by atoms with Crippen LogP contribution in [0, 0.1) is 23.4 Å². The van der Waals surface area contributed by atoms with Crippen molar-refractivity contribution in [2.75, 3.05) is 10.5 Å². The molecule has 0 spiro atoms. The first kappa shape index (κ1) is 28.4. The molecule has 0 amide bonds. The zero-order valence-corrected chi connectivity index (χ0v) is 24.6. The Labute approximate surface area is 246 Å². The molecule has 1 aliphatic carbocycles. The van der Waals surface area contributed by atoms with Gasteiger partial charge in [-0.2, -0.15) is 0 Å². The summed E-state index contributed by atoms with van der Waals surface area (Å²) in [6.45, 7) is 0.265. The quantitative estimate of drug-likeness (QED) is 0.278. The molecule has 5 aromatic rings. The zero-order valence-electron chi connectivity index (χ0n) is 23.0. The largest absolute Gasteiger partial charge is 0.384 e. The van der Waals surface area contributed by atoms with Gasteiger partial charge in [-0.3, -0.25) is 9.52 Å². The number of benzene rings is 2. The number of halogens is 3. The number of nitrogens with one attached hydrogen (secondary N) is 1. The van der Waals surface area contributed by atoms with Crippen molar-refractivity contribution >= 4 is 85.4 Å². The van der Waals surface area contributed by atoms with Gasteiger partial charge in [-0.1, -0.05) is 10.4 Å². The fourth-order valence-corrected chi connectivity index (χ4v) is 7.68. The molecule has 1 saturated carbocycles. The second-order valence-corrected chi connectivity index (χ2v) is 14.2. The highest BCUT2D eigenvalue weighted by atomic mass is 32.2. The lowest BCUT2D eigenvalue weighted by atomic mass is 9.49. The summed E-state index contributed by atoms with van der Waals surface area (Å²) >= 11 is 1.11. The van der Waals surface area contributed by atoms with Gasteiger partial charge in [0.15, 0.2) is 5.82 Å². The van der Waals surface area contributed by atoms with E-state index in [0.717, 1.165) is 35.6 Å². The van der Waals surface area contributed by atoms with Crippen LogP contribution >= 0.6 is 11.3 Å². The molecule has 3 heterocycles. The van der Waals surface area contributed by atoms with Crippen molar-refractivity contribution in [1.29, 1.82) is 0 Å². The molecule has 0 radical (unpaired) electrons. The van der Waals surface area contributed by atoms with Gasteiger partial charge in [0.2, 0.25) is 0 Å². The third-order valence-corrected chi connectivity index (χ3v) is 11.1. The topological polar surface area (TPSA) is 120 Å². The van der Waals surface area contributed by atoms with E-state index < -0.39 is 49.2 Å². The van der Waals surface area contributed by atoms with Crippen molar-refractivity contribution in [2.45, 2.75) is 21.9 Å².